The van der Waals surface area contributed by atoms with Gasteiger partial charge in [-0.05, 0) is 62.2 Å². The molecule has 4 nitrogen and oxygen atoms in total. The largest absolute Gasteiger partial charge is 0.385 e. The van der Waals surface area contributed by atoms with Crippen LogP contribution >= 0.6 is 0 Å². The molecule has 2 atom stereocenters. The highest BCUT2D eigenvalue weighted by molar-refractivity contribution is 5.78. The molecule has 22 heavy (non-hydrogen) atoms. The summed E-state index contributed by atoms with van der Waals surface area (Å²) in [5, 5.41) is 3.27. The number of rotatable bonds is 6. The lowest BCUT2D eigenvalue weighted by Gasteiger charge is -2.45. The molecule has 0 aromatic carbocycles. The van der Waals surface area contributed by atoms with Crippen molar-refractivity contribution in [2.75, 3.05) is 20.3 Å². The summed E-state index contributed by atoms with van der Waals surface area (Å²) in [7, 11) is 1.76. The Bertz CT molecular complexity index is 381. The summed E-state index contributed by atoms with van der Waals surface area (Å²) in [5.74, 6) is 1.64. The Labute approximate surface area is 134 Å². The average Bonchev–Trinajstić information content (AvgIpc) is 2.45. The Balaban J connectivity index is 1.50. The zero-order valence-electron chi connectivity index (χ0n) is 14.0. The van der Waals surface area contributed by atoms with Crippen LogP contribution in [0.5, 0.6) is 0 Å². The number of carbonyl (C=O) groups excluding carboxylic acids is 1. The van der Waals surface area contributed by atoms with Crippen LogP contribution in [-0.4, -0.2) is 32.2 Å². The first kappa shape index (κ1) is 16.3. The summed E-state index contributed by atoms with van der Waals surface area (Å²) in [6.07, 6.45) is 10.6. The topological polar surface area (TPSA) is 64.3 Å². The Hall–Kier alpha value is -0.610. The molecule has 3 aliphatic rings. The normalized spacial score (nSPS) is 36.5. The monoisotopic (exact) mass is 308 g/mol. The molecule has 2 unspecified atom stereocenters. The molecule has 0 spiro atoms. The van der Waals surface area contributed by atoms with Crippen LogP contribution in [-0.2, 0) is 9.53 Å². The van der Waals surface area contributed by atoms with Crippen LogP contribution in [0.3, 0.4) is 0 Å². The van der Waals surface area contributed by atoms with Gasteiger partial charge in [0, 0.05) is 32.2 Å². The molecule has 0 aromatic heterocycles. The molecule has 3 saturated carbocycles. The lowest BCUT2D eigenvalue weighted by Crippen LogP contribution is -2.50. The first-order valence-corrected chi connectivity index (χ1v) is 9.16. The fraction of sp³-hybridized carbons (Fsp3) is 0.944. The quantitative estimate of drug-likeness (QED) is 0.792. The van der Waals surface area contributed by atoms with Crippen molar-refractivity contribution >= 4 is 5.91 Å². The Morgan fingerprint density at radius 1 is 1.23 bits per heavy atom. The Morgan fingerprint density at radius 2 is 1.91 bits per heavy atom. The van der Waals surface area contributed by atoms with Gasteiger partial charge in [0.1, 0.15) is 0 Å². The minimum atomic E-state index is 0.203. The maximum Gasteiger partial charge on any atom is 0.223 e. The highest BCUT2D eigenvalue weighted by atomic mass is 16.5. The third kappa shape index (κ3) is 3.33. The van der Waals surface area contributed by atoms with Crippen molar-refractivity contribution in [1.29, 1.82) is 0 Å². The molecule has 3 fully saturated rings. The van der Waals surface area contributed by atoms with Gasteiger partial charge in [0.25, 0.3) is 0 Å². The summed E-state index contributed by atoms with van der Waals surface area (Å²) in [6, 6.07) is 0.345. The smallest absolute Gasteiger partial charge is 0.223 e. The third-order valence-electron chi connectivity index (χ3n) is 6.67. The van der Waals surface area contributed by atoms with E-state index in [9.17, 15) is 4.79 Å². The van der Waals surface area contributed by atoms with Crippen LogP contribution in [0.2, 0.25) is 0 Å². The van der Waals surface area contributed by atoms with E-state index < -0.39 is 0 Å². The van der Waals surface area contributed by atoms with Gasteiger partial charge in [0.05, 0.1) is 0 Å². The first-order chi connectivity index (χ1) is 10.6. The van der Waals surface area contributed by atoms with E-state index in [0.717, 1.165) is 32.4 Å². The van der Waals surface area contributed by atoms with E-state index in [4.69, 9.17) is 10.5 Å². The fourth-order valence-electron chi connectivity index (χ4n) is 4.93. The molecule has 2 bridgehead atoms. The van der Waals surface area contributed by atoms with E-state index in [2.05, 4.69) is 5.32 Å². The minimum Gasteiger partial charge on any atom is -0.385 e. The van der Waals surface area contributed by atoms with E-state index in [1.807, 2.05) is 0 Å². The summed E-state index contributed by atoms with van der Waals surface area (Å²) in [6.45, 7) is 1.64. The Kier molecular flexibility index (Phi) is 5.08. The fourth-order valence-corrected chi connectivity index (χ4v) is 4.93. The second-order valence-corrected chi connectivity index (χ2v) is 8.01. The van der Waals surface area contributed by atoms with Crippen LogP contribution in [0.15, 0.2) is 0 Å². The van der Waals surface area contributed by atoms with Crippen LogP contribution < -0.4 is 11.1 Å². The molecule has 0 radical (unpaired) electrons. The van der Waals surface area contributed by atoms with E-state index in [1.54, 1.807) is 7.11 Å². The highest BCUT2D eigenvalue weighted by Gasteiger charge is 2.42. The van der Waals surface area contributed by atoms with Crippen molar-refractivity contribution in [2.24, 2.45) is 28.9 Å². The molecule has 4 heteroatoms. The van der Waals surface area contributed by atoms with Crippen LogP contribution in [0.25, 0.3) is 0 Å². The maximum absolute atomic E-state index is 12.6. The molecule has 1 amide bonds. The van der Waals surface area contributed by atoms with Gasteiger partial charge in [0.2, 0.25) is 5.91 Å². The third-order valence-corrected chi connectivity index (χ3v) is 6.67. The van der Waals surface area contributed by atoms with Gasteiger partial charge >= 0.3 is 0 Å². The molecular weight excluding hydrogens is 276 g/mol. The number of carbonyl (C=O) groups is 1. The molecule has 3 rings (SSSR count). The van der Waals surface area contributed by atoms with Crippen molar-refractivity contribution in [3.63, 3.8) is 0 Å². The average molecular weight is 308 g/mol. The second-order valence-electron chi connectivity index (χ2n) is 8.01. The van der Waals surface area contributed by atoms with Gasteiger partial charge in [-0.15, -0.1) is 0 Å². The number of nitrogens with two attached hydrogens (primary N) is 1. The number of hydrogen-bond donors (Lipinski definition) is 2. The van der Waals surface area contributed by atoms with Crippen molar-refractivity contribution in [3.8, 4) is 0 Å². The van der Waals surface area contributed by atoms with E-state index in [0.29, 0.717) is 23.3 Å². The molecule has 3 N–H and O–H groups in total. The van der Waals surface area contributed by atoms with E-state index in [-0.39, 0.29) is 11.8 Å². The lowest BCUT2D eigenvalue weighted by molar-refractivity contribution is -0.129. The SMILES string of the molecule is COCCC1(CNC(=O)C2CC3CCCC(C2)C3N)CCC1. The summed E-state index contributed by atoms with van der Waals surface area (Å²) >= 11 is 0. The van der Waals surface area contributed by atoms with Crippen molar-refractivity contribution in [2.45, 2.75) is 63.8 Å². The summed E-state index contributed by atoms with van der Waals surface area (Å²) in [4.78, 5) is 12.6. The number of hydrogen-bond acceptors (Lipinski definition) is 3. The zero-order chi connectivity index (χ0) is 15.6. The summed E-state index contributed by atoms with van der Waals surface area (Å²) < 4.78 is 5.23. The zero-order valence-corrected chi connectivity index (χ0v) is 14.0. The minimum absolute atomic E-state index is 0.203. The standard InChI is InChI=1S/C18H32N2O2/c1-22-9-8-18(6-3-7-18)12-20-17(21)15-10-13-4-2-5-14(11-15)16(13)19/h13-16H,2-12,19H2,1H3,(H,20,21). The molecule has 126 valence electrons. The van der Waals surface area contributed by atoms with Crippen LogP contribution in [0.4, 0.5) is 0 Å². The van der Waals surface area contributed by atoms with Gasteiger partial charge < -0.3 is 15.8 Å². The highest BCUT2D eigenvalue weighted by Crippen LogP contribution is 2.44. The number of fused-ring (bicyclic) bond motifs is 2. The van der Waals surface area contributed by atoms with Gasteiger partial charge in [-0.3, -0.25) is 4.79 Å². The molecule has 3 aliphatic carbocycles. The predicted octanol–water partition coefficient (Wildman–Crippen LogP) is 2.46. The van der Waals surface area contributed by atoms with Crippen molar-refractivity contribution in [3.05, 3.63) is 0 Å². The van der Waals surface area contributed by atoms with Crippen molar-refractivity contribution in [1.82, 2.24) is 5.32 Å². The van der Waals surface area contributed by atoms with Gasteiger partial charge in [0.15, 0.2) is 0 Å². The summed E-state index contributed by atoms with van der Waals surface area (Å²) in [5.41, 5.74) is 6.64. The Morgan fingerprint density at radius 3 is 2.45 bits per heavy atom. The second kappa shape index (κ2) is 6.88. The van der Waals surface area contributed by atoms with E-state index >= 15 is 0 Å². The molecular formula is C18H32N2O2. The van der Waals surface area contributed by atoms with Crippen LogP contribution in [0, 0.1) is 23.2 Å². The number of ether oxygens (including phenoxy) is 1. The molecule has 0 saturated heterocycles. The molecule has 0 heterocycles. The van der Waals surface area contributed by atoms with Crippen LogP contribution in [0.1, 0.15) is 57.8 Å². The number of amides is 1. The first-order valence-electron chi connectivity index (χ1n) is 9.16. The van der Waals surface area contributed by atoms with Crippen molar-refractivity contribution < 1.29 is 9.53 Å². The van der Waals surface area contributed by atoms with Gasteiger partial charge in [-0.25, -0.2) is 0 Å². The van der Waals surface area contributed by atoms with Gasteiger partial charge in [-0.1, -0.05) is 12.8 Å². The maximum atomic E-state index is 12.6. The number of nitrogens with one attached hydrogen (secondary N) is 1. The molecule has 0 aliphatic heterocycles. The lowest BCUT2D eigenvalue weighted by atomic mass is 9.64. The predicted molar refractivity (Wildman–Crippen MR) is 87.3 cm³/mol. The number of methoxy groups -OCH3 is 1. The molecule has 0 aromatic rings. The van der Waals surface area contributed by atoms with Gasteiger partial charge in [-0.2, -0.15) is 0 Å². The van der Waals surface area contributed by atoms with E-state index in [1.165, 1.54) is 38.5 Å².